The number of hydrogen-bond acceptors (Lipinski definition) is 2. The molecule has 0 bridgehead atoms. The van der Waals surface area contributed by atoms with Gasteiger partial charge in [0.15, 0.2) is 0 Å². The lowest BCUT2D eigenvalue weighted by molar-refractivity contribution is -0.137. The quantitative estimate of drug-likeness (QED) is 0.834. The molecule has 4 heteroatoms. The van der Waals surface area contributed by atoms with Gasteiger partial charge in [0.05, 0.1) is 0 Å². The molecule has 0 radical (unpaired) electrons. The summed E-state index contributed by atoms with van der Waals surface area (Å²) >= 11 is 6.06. The Hall–Kier alpha value is -1.22. The van der Waals surface area contributed by atoms with E-state index in [1.54, 1.807) is 0 Å². The van der Waals surface area contributed by atoms with Crippen molar-refractivity contribution in [1.82, 2.24) is 4.90 Å². The molecule has 1 amide bonds. The Morgan fingerprint density at radius 3 is 2.43 bits per heavy atom. The Morgan fingerprint density at radius 1 is 1.05 bits per heavy atom. The maximum atomic E-state index is 12.5. The minimum Gasteiger partial charge on any atom is -0.371 e. The third-order valence-corrected chi connectivity index (χ3v) is 4.92. The van der Waals surface area contributed by atoms with Gasteiger partial charge in [-0.05, 0) is 50.3 Å². The predicted molar refractivity (Wildman–Crippen MR) is 86.8 cm³/mol. The number of benzene rings is 1. The van der Waals surface area contributed by atoms with E-state index in [1.165, 1.54) is 24.9 Å². The van der Waals surface area contributed by atoms with Crippen molar-refractivity contribution in [2.45, 2.75) is 32.1 Å². The first-order chi connectivity index (χ1) is 10.2. The predicted octanol–water partition coefficient (Wildman–Crippen LogP) is 3.57. The number of nitrogens with zero attached hydrogens (tertiary/aromatic N) is 2. The van der Waals surface area contributed by atoms with E-state index < -0.39 is 0 Å². The van der Waals surface area contributed by atoms with Crippen LogP contribution in [0.25, 0.3) is 0 Å². The fraction of sp³-hybridized carbons (Fsp3) is 0.588. The lowest BCUT2D eigenvalue weighted by Gasteiger charge is -2.36. The monoisotopic (exact) mass is 306 g/mol. The van der Waals surface area contributed by atoms with Gasteiger partial charge in [0.25, 0.3) is 0 Å². The number of likely N-dealkylation sites (tertiary alicyclic amines) is 1. The van der Waals surface area contributed by atoms with Crippen molar-refractivity contribution in [1.29, 1.82) is 0 Å². The highest BCUT2D eigenvalue weighted by Gasteiger charge is 2.29. The first-order valence-corrected chi connectivity index (χ1v) is 8.41. The lowest BCUT2D eigenvalue weighted by Crippen LogP contribution is -2.44. The average molecular weight is 307 g/mol. The Labute approximate surface area is 131 Å². The molecule has 3 nitrogen and oxygen atoms in total. The molecule has 3 rings (SSSR count). The minimum atomic E-state index is 0.221. The van der Waals surface area contributed by atoms with Gasteiger partial charge < -0.3 is 9.80 Å². The normalized spacial score (nSPS) is 20.6. The van der Waals surface area contributed by atoms with Crippen molar-refractivity contribution in [3.63, 3.8) is 0 Å². The molecule has 1 aromatic carbocycles. The van der Waals surface area contributed by atoms with Crippen LogP contribution in [0.15, 0.2) is 24.3 Å². The molecule has 0 N–H and O–H groups in total. The number of carbonyl (C=O) groups is 1. The molecule has 0 saturated carbocycles. The molecule has 0 atom stereocenters. The molecular weight excluding hydrogens is 284 g/mol. The van der Waals surface area contributed by atoms with E-state index in [-0.39, 0.29) is 5.92 Å². The van der Waals surface area contributed by atoms with E-state index >= 15 is 0 Å². The number of rotatable bonds is 2. The fourth-order valence-corrected chi connectivity index (χ4v) is 3.61. The zero-order chi connectivity index (χ0) is 14.7. The Morgan fingerprint density at radius 2 is 1.76 bits per heavy atom. The van der Waals surface area contributed by atoms with E-state index in [9.17, 15) is 4.79 Å². The first kappa shape index (κ1) is 14.7. The number of carbonyl (C=O) groups excluding carboxylic acids is 1. The summed E-state index contributed by atoms with van der Waals surface area (Å²) in [5, 5.41) is 0.777. The van der Waals surface area contributed by atoms with Crippen LogP contribution in [0.3, 0.4) is 0 Å². The summed E-state index contributed by atoms with van der Waals surface area (Å²) in [5.74, 6) is 0.610. The second kappa shape index (κ2) is 6.69. The number of halogens is 1. The van der Waals surface area contributed by atoms with Crippen molar-refractivity contribution in [2.24, 2.45) is 5.92 Å². The highest BCUT2D eigenvalue weighted by molar-refractivity contribution is 6.30. The second-order valence-corrected chi connectivity index (χ2v) is 6.56. The summed E-state index contributed by atoms with van der Waals surface area (Å²) in [5.41, 5.74) is 1.17. The topological polar surface area (TPSA) is 23.6 Å². The standard InChI is InChI=1S/C17H23ClN2O/c18-15-5-4-6-16(13-15)19-11-7-14(8-12-19)17(21)20-9-2-1-3-10-20/h4-6,13-14H,1-3,7-12H2. The molecule has 2 aliphatic heterocycles. The van der Waals surface area contributed by atoms with E-state index in [4.69, 9.17) is 11.6 Å². The van der Waals surface area contributed by atoms with Gasteiger partial charge in [-0.25, -0.2) is 0 Å². The van der Waals surface area contributed by atoms with Crippen molar-refractivity contribution in [2.75, 3.05) is 31.1 Å². The van der Waals surface area contributed by atoms with Gasteiger partial charge in [-0.2, -0.15) is 0 Å². The summed E-state index contributed by atoms with van der Waals surface area (Å²) in [6.07, 6.45) is 5.54. The van der Waals surface area contributed by atoms with Crippen molar-refractivity contribution in [3.8, 4) is 0 Å². The van der Waals surface area contributed by atoms with Crippen LogP contribution >= 0.6 is 11.6 Å². The van der Waals surface area contributed by atoms with Crippen molar-refractivity contribution >= 4 is 23.2 Å². The van der Waals surface area contributed by atoms with Gasteiger partial charge >= 0.3 is 0 Å². The van der Waals surface area contributed by atoms with Gasteiger partial charge in [0.1, 0.15) is 0 Å². The minimum absolute atomic E-state index is 0.221. The van der Waals surface area contributed by atoms with Crippen LogP contribution in [0.4, 0.5) is 5.69 Å². The SMILES string of the molecule is O=C(C1CCN(c2cccc(Cl)c2)CC1)N1CCCCC1. The van der Waals surface area contributed by atoms with Gasteiger partial charge in [0, 0.05) is 42.8 Å². The van der Waals surface area contributed by atoms with E-state index in [0.29, 0.717) is 5.91 Å². The molecule has 2 aliphatic rings. The van der Waals surface area contributed by atoms with Crippen LogP contribution in [0.2, 0.25) is 5.02 Å². The van der Waals surface area contributed by atoms with Crippen LogP contribution in [0.5, 0.6) is 0 Å². The van der Waals surface area contributed by atoms with Crippen molar-refractivity contribution < 1.29 is 4.79 Å². The van der Waals surface area contributed by atoms with Crippen molar-refractivity contribution in [3.05, 3.63) is 29.3 Å². The number of amides is 1. The highest BCUT2D eigenvalue weighted by Crippen LogP contribution is 2.27. The van der Waals surface area contributed by atoms with Gasteiger partial charge in [-0.1, -0.05) is 17.7 Å². The smallest absolute Gasteiger partial charge is 0.225 e. The molecule has 0 spiro atoms. The first-order valence-electron chi connectivity index (χ1n) is 8.03. The number of hydrogen-bond donors (Lipinski definition) is 0. The van der Waals surface area contributed by atoms with Crippen LogP contribution in [-0.4, -0.2) is 37.0 Å². The van der Waals surface area contributed by atoms with Gasteiger partial charge in [-0.3, -0.25) is 4.79 Å². The van der Waals surface area contributed by atoms with E-state index in [2.05, 4.69) is 15.9 Å². The zero-order valence-corrected chi connectivity index (χ0v) is 13.2. The fourth-order valence-electron chi connectivity index (χ4n) is 3.43. The summed E-state index contributed by atoms with van der Waals surface area (Å²) in [6, 6.07) is 7.99. The molecule has 2 heterocycles. The molecule has 2 saturated heterocycles. The molecule has 0 aromatic heterocycles. The Balaban J connectivity index is 1.56. The third-order valence-electron chi connectivity index (χ3n) is 4.69. The molecule has 0 aliphatic carbocycles. The zero-order valence-electron chi connectivity index (χ0n) is 12.4. The van der Waals surface area contributed by atoms with E-state index in [0.717, 1.165) is 44.0 Å². The summed E-state index contributed by atoms with van der Waals surface area (Å²) in [7, 11) is 0. The average Bonchev–Trinajstić information content (AvgIpc) is 2.55. The maximum absolute atomic E-state index is 12.5. The summed E-state index contributed by atoms with van der Waals surface area (Å²) in [4.78, 5) is 17.0. The van der Waals surface area contributed by atoms with Gasteiger partial charge in [-0.15, -0.1) is 0 Å². The highest BCUT2D eigenvalue weighted by atomic mass is 35.5. The molecule has 114 valence electrons. The Bertz CT molecular complexity index is 491. The van der Waals surface area contributed by atoms with Gasteiger partial charge in [0.2, 0.25) is 5.91 Å². The summed E-state index contributed by atoms with van der Waals surface area (Å²) < 4.78 is 0. The molecule has 1 aromatic rings. The van der Waals surface area contributed by atoms with E-state index in [1.807, 2.05) is 18.2 Å². The summed E-state index contributed by atoms with van der Waals surface area (Å²) in [6.45, 7) is 3.83. The molecule has 0 unspecified atom stereocenters. The van der Waals surface area contributed by atoms with Crippen LogP contribution in [0, 0.1) is 5.92 Å². The second-order valence-electron chi connectivity index (χ2n) is 6.13. The lowest BCUT2D eigenvalue weighted by atomic mass is 9.94. The molecular formula is C17H23ClN2O. The van der Waals surface area contributed by atoms with Crippen LogP contribution in [0.1, 0.15) is 32.1 Å². The third kappa shape index (κ3) is 3.52. The largest absolute Gasteiger partial charge is 0.371 e. The molecule has 21 heavy (non-hydrogen) atoms. The van der Waals surface area contributed by atoms with Crippen LogP contribution in [-0.2, 0) is 4.79 Å². The number of piperidine rings is 2. The maximum Gasteiger partial charge on any atom is 0.225 e. The number of anilines is 1. The van der Waals surface area contributed by atoms with Crippen LogP contribution < -0.4 is 4.90 Å². The molecule has 2 fully saturated rings. The Kier molecular flexibility index (Phi) is 4.69.